The number of nitrogens with one attached hydrogen (secondary N) is 1. The van der Waals surface area contributed by atoms with E-state index in [9.17, 15) is 13.2 Å². The second kappa shape index (κ2) is 9.89. The number of carbonyl (C=O) groups excluding carboxylic acids is 1. The van der Waals surface area contributed by atoms with Gasteiger partial charge in [-0.1, -0.05) is 90.0 Å². The summed E-state index contributed by atoms with van der Waals surface area (Å²) in [5, 5.41) is 5.41. The van der Waals surface area contributed by atoms with Crippen molar-refractivity contribution in [2.24, 2.45) is 5.10 Å². The number of nitrogens with zero attached hydrogens (tertiary/aromatic N) is 2. The van der Waals surface area contributed by atoms with E-state index in [1.165, 1.54) is 6.07 Å². The van der Waals surface area contributed by atoms with Gasteiger partial charge in [-0.2, -0.15) is 5.10 Å². The predicted octanol–water partition coefficient (Wildman–Crippen LogP) is 5.80. The van der Waals surface area contributed by atoms with Crippen LogP contribution in [0.15, 0.2) is 102 Å². The number of hydrogen-bond donors (Lipinski definition) is 1. The van der Waals surface area contributed by atoms with E-state index in [1.54, 1.807) is 11.1 Å². The number of sulfonamides is 1. The fourth-order valence-electron chi connectivity index (χ4n) is 4.22. The Morgan fingerprint density at radius 1 is 0.917 bits per heavy atom. The van der Waals surface area contributed by atoms with E-state index < -0.39 is 27.2 Å². The van der Waals surface area contributed by atoms with Crippen molar-refractivity contribution in [3.8, 4) is 0 Å². The Kier molecular flexibility index (Phi) is 6.66. The summed E-state index contributed by atoms with van der Waals surface area (Å²) in [6, 6.07) is 28.6. The van der Waals surface area contributed by atoms with Crippen molar-refractivity contribution in [3.63, 3.8) is 0 Å². The molecule has 1 aromatic heterocycles. The Balaban J connectivity index is 1.65. The normalized spacial score (nSPS) is 17.6. The van der Waals surface area contributed by atoms with Gasteiger partial charge in [0.1, 0.15) is 6.04 Å². The number of amides is 1. The van der Waals surface area contributed by atoms with Crippen molar-refractivity contribution in [2.45, 2.75) is 18.2 Å². The smallest absolute Gasteiger partial charge is 0.267 e. The van der Waals surface area contributed by atoms with Gasteiger partial charge in [-0.05, 0) is 42.3 Å². The Hall–Kier alpha value is -3.46. The van der Waals surface area contributed by atoms with Crippen molar-refractivity contribution in [3.05, 3.63) is 123 Å². The number of benzene rings is 3. The van der Waals surface area contributed by atoms with Gasteiger partial charge in [-0.25, -0.2) is 13.1 Å². The largest absolute Gasteiger partial charge is 0.274 e. The highest BCUT2D eigenvalue weighted by molar-refractivity contribution is 7.91. The molecule has 36 heavy (non-hydrogen) atoms. The molecule has 1 N–H and O–H groups in total. The summed E-state index contributed by atoms with van der Waals surface area (Å²) in [5.74, 6) is -0.722. The van der Waals surface area contributed by atoms with Gasteiger partial charge in [0, 0.05) is 0 Å². The lowest BCUT2D eigenvalue weighted by Crippen LogP contribution is -2.45. The van der Waals surface area contributed by atoms with Crippen LogP contribution in [0.4, 0.5) is 5.69 Å². The van der Waals surface area contributed by atoms with Crippen molar-refractivity contribution >= 4 is 50.3 Å². The van der Waals surface area contributed by atoms with E-state index in [4.69, 9.17) is 16.7 Å². The molecule has 182 valence electrons. The molecular weight excluding hydrogens is 514 g/mol. The summed E-state index contributed by atoms with van der Waals surface area (Å²) in [4.78, 5) is 13.1. The van der Waals surface area contributed by atoms with E-state index in [0.717, 1.165) is 28.2 Å². The van der Waals surface area contributed by atoms with Gasteiger partial charge < -0.3 is 0 Å². The van der Waals surface area contributed by atoms with E-state index in [1.807, 2.05) is 91.9 Å². The van der Waals surface area contributed by atoms with Crippen LogP contribution < -0.4 is 9.73 Å². The fourth-order valence-corrected chi connectivity index (χ4v) is 6.81. The highest BCUT2D eigenvalue weighted by atomic mass is 35.5. The van der Waals surface area contributed by atoms with Crippen molar-refractivity contribution in [1.29, 1.82) is 0 Å². The van der Waals surface area contributed by atoms with Gasteiger partial charge in [0.15, 0.2) is 5.25 Å². The molecule has 3 aromatic carbocycles. The summed E-state index contributed by atoms with van der Waals surface area (Å²) in [6.07, 6.45) is 0. The van der Waals surface area contributed by atoms with Crippen molar-refractivity contribution < 1.29 is 13.2 Å². The first-order valence-corrected chi connectivity index (χ1v) is 13.9. The summed E-state index contributed by atoms with van der Waals surface area (Å²) in [6.45, 7) is 1.96. The van der Waals surface area contributed by atoms with Crippen LogP contribution >= 0.6 is 22.9 Å². The average Bonchev–Trinajstić information content (AvgIpc) is 3.50. The van der Waals surface area contributed by atoms with E-state index in [-0.39, 0.29) is 4.88 Å². The van der Waals surface area contributed by atoms with E-state index >= 15 is 0 Å². The van der Waals surface area contributed by atoms with Gasteiger partial charge in [-0.3, -0.25) is 9.80 Å². The minimum atomic E-state index is -4.25. The quantitative estimate of drug-likeness (QED) is 0.338. The van der Waals surface area contributed by atoms with Crippen LogP contribution in [0.2, 0.25) is 4.34 Å². The Labute approximate surface area is 218 Å². The molecule has 0 bridgehead atoms. The molecule has 1 aliphatic heterocycles. The van der Waals surface area contributed by atoms with Crippen molar-refractivity contribution in [2.75, 3.05) is 5.01 Å². The third-order valence-corrected chi connectivity index (χ3v) is 8.76. The number of hydrazone groups is 1. The molecule has 0 radical (unpaired) electrons. The first-order chi connectivity index (χ1) is 17.3. The summed E-state index contributed by atoms with van der Waals surface area (Å²) >= 11 is 6.99. The number of para-hydroxylation sites is 1. The highest BCUT2D eigenvalue weighted by Gasteiger charge is 2.48. The van der Waals surface area contributed by atoms with Crippen LogP contribution in [0, 0.1) is 6.92 Å². The van der Waals surface area contributed by atoms with Crippen LogP contribution in [0.5, 0.6) is 0 Å². The van der Waals surface area contributed by atoms with Gasteiger partial charge in [0.05, 0.1) is 20.6 Å². The molecule has 0 fully saturated rings. The van der Waals surface area contributed by atoms with Crippen LogP contribution in [0.25, 0.3) is 0 Å². The molecule has 1 amide bonds. The molecular formula is C27H22ClN3O3S2. The van der Waals surface area contributed by atoms with Crippen LogP contribution in [0.1, 0.15) is 32.4 Å². The number of hydrogen-bond acceptors (Lipinski definition) is 6. The van der Waals surface area contributed by atoms with Crippen LogP contribution in [-0.2, 0) is 10.0 Å². The molecule has 1 aliphatic rings. The highest BCUT2D eigenvalue weighted by Crippen LogP contribution is 2.40. The first kappa shape index (κ1) is 24.2. The Morgan fingerprint density at radius 3 is 2.17 bits per heavy atom. The maximum absolute atomic E-state index is 14.0. The Bertz CT molecular complexity index is 1520. The lowest BCUT2D eigenvalue weighted by Gasteiger charge is -2.28. The molecule has 2 atom stereocenters. The predicted molar refractivity (Wildman–Crippen MR) is 145 cm³/mol. The summed E-state index contributed by atoms with van der Waals surface area (Å²) < 4.78 is 30.6. The van der Waals surface area contributed by atoms with Crippen LogP contribution in [-0.4, -0.2) is 25.3 Å². The SMILES string of the molecule is Cc1ccc(C2=NN(c3ccccc3)C(c3ccccc3)C2S(=O)(=O)NC(=O)c2ccc(Cl)s2)cc1. The minimum absolute atomic E-state index is 0.214. The maximum atomic E-state index is 14.0. The van der Waals surface area contributed by atoms with Gasteiger partial charge >= 0.3 is 0 Å². The molecule has 0 spiro atoms. The number of halogens is 1. The van der Waals surface area contributed by atoms with Gasteiger partial charge in [0.2, 0.25) is 10.0 Å². The lowest BCUT2D eigenvalue weighted by molar-refractivity contribution is 0.0985. The molecule has 9 heteroatoms. The zero-order valence-electron chi connectivity index (χ0n) is 19.2. The second-order valence-corrected chi connectivity index (χ2v) is 11.9. The lowest BCUT2D eigenvalue weighted by atomic mass is 9.97. The molecule has 4 aromatic rings. The number of thiophene rings is 1. The first-order valence-electron chi connectivity index (χ1n) is 11.2. The molecule has 2 unspecified atom stereocenters. The number of carbonyl (C=O) groups is 1. The summed E-state index contributed by atoms with van der Waals surface area (Å²) in [7, 11) is -4.25. The maximum Gasteiger partial charge on any atom is 0.274 e. The number of anilines is 1. The third kappa shape index (κ3) is 4.80. The van der Waals surface area contributed by atoms with E-state index in [0.29, 0.717) is 15.6 Å². The zero-order chi connectivity index (χ0) is 25.3. The monoisotopic (exact) mass is 535 g/mol. The molecule has 0 saturated carbocycles. The average molecular weight is 536 g/mol. The van der Waals surface area contributed by atoms with Gasteiger partial charge in [-0.15, -0.1) is 11.3 Å². The topological polar surface area (TPSA) is 78.8 Å². The Morgan fingerprint density at radius 2 is 1.56 bits per heavy atom. The van der Waals surface area contributed by atoms with Crippen molar-refractivity contribution in [1.82, 2.24) is 4.72 Å². The van der Waals surface area contributed by atoms with Crippen LogP contribution in [0.3, 0.4) is 0 Å². The molecule has 0 saturated heterocycles. The fraction of sp³-hybridized carbons (Fsp3) is 0.111. The standard InChI is InChI=1S/C27H22ClN3O3S2/c1-18-12-14-19(15-13-18)24-26(36(33,34)30-27(32)22-16-17-23(28)35-22)25(20-8-4-2-5-9-20)31(29-24)21-10-6-3-7-11-21/h2-17,25-26H,1H3,(H,30,32). The van der Waals surface area contributed by atoms with Gasteiger partial charge in [0.25, 0.3) is 5.91 Å². The molecule has 0 aliphatic carbocycles. The molecule has 6 nitrogen and oxygen atoms in total. The van der Waals surface area contributed by atoms with E-state index in [2.05, 4.69) is 4.72 Å². The molecule has 5 rings (SSSR count). The summed E-state index contributed by atoms with van der Waals surface area (Å²) in [5.41, 5.74) is 3.57. The third-order valence-electron chi connectivity index (χ3n) is 5.91. The second-order valence-electron chi connectivity index (χ2n) is 8.39. The number of aryl methyl sites for hydroxylation is 1. The minimum Gasteiger partial charge on any atom is -0.267 e. The molecule has 2 heterocycles. The zero-order valence-corrected chi connectivity index (χ0v) is 21.6. The number of rotatable bonds is 6.